The molecule has 0 saturated carbocycles. The number of nitrogens with one attached hydrogen (secondary N) is 3. The average Bonchev–Trinajstić information content (AvgIpc) is 2.54. The van der Waals surface area contributed by atoms with Gasteiger partial charge in [-0.2, -0.15) is 0 Å². The van der Waals surface area contributed by atoms with Gasteiger partial charge in [0.25, 0.3) is 0 Å². The number of hydrogen-bond donors (Lipinski definition) is 3. The van der Waals surface area contributed by atoms with Crippen LogP contribution >= 0.6 is 0 Å². The summed E-state index contributed by atoms with van der Waals surface area (Å²) in [7, 11) is -1.71. The molecule has 142 valence electrons. The number of rotatable bonds is 10. The van der Waals surface area contributed by atoms with Crippen molar-refractivity contribution in [1.29, 1.82) is 0 Å². The standard InChI is InChI=1S/C15H32N4O4S/c1-4-16-15(19-13(2)12-22-3)17-8-10-24(20,21)18-11-14-7-5-6-9-23-14/h13-14,18H,4-12H2,1-3H3,(H2,16,17,19). The van der Waals surface area contributed by atoms with E-state index in [1.54, 1.807) is 7.11 Å². The Morgan fingerprint density at radius 2 is 2.21 bits per heavy atom. The first-order valence-corrected chi connectivity index (χ1v) is 10.2. The van der Waals surface area contributed by atoms with Gasteiger partial charge in [0.2, 0.25) is 10.0 Å². The average molecular weight is 365 g/mol. The Hall–Kier alpha value is -0.900. The van der Waals surface area contributed by atoms with Crippen molar-refractivity contribution in [3.05, 3.63) is 0 Å². The second-order valence-electron chi connectivity index (χ2n) is 5.92. The lowest BCUT2D eigenvalue weighted by Gasteiger charge is -2.22. The predicted molar refractivity (Wildman–Crippen MR) is 95.8 cm³/mol. The summed E-state index contributed by atoms with van der Waals surface area (Å²) in [6, 6.07) is 0.0889. The van der Waals surface area contributed by atoms with E-state index >= 15 is 0 Å². The van der Waals surface area contributed by atoms with Crippen LogP contribution in [-0.2, 0) is 19.5 Å². The minimum atomic E-state index is -3.35. The molecule has 1 aliphatic rings. The lowest BCUT2D eigenvalue weighted by Crippen LogP contribution is -2.44. The van der Waals surface area contributed by atoms with E-state index in [-0.39, 0.29) is 24.4 Å². The van der Waals surface area contributed by atoms with Crippen LogP contribution in [0.15, 0.2) is 4.99 Å². The third kappa shape index (κ3) is 9.41. The monoisotopic (exact) mass is 364 g/mol. The number of aliphatic imine (C=N–C) groups is 1. The molecule has 0 aromatic rings. The summed E-state index contributed by atoms with van der Waals surface area (Å²) >= 11 is 0. The van der Waals surface area contributed by atoms with Crippen molar-refractivity contribution in [2.45, 2.75) is 45.3 Å². The number of guanidine groups is 1. The smallest absolute Gasteiger partial charge is 0.213 e. The maximum absolute atomic E-state index is 12.0. The summed E-state index contributed by atoms with van der Waals surface area (Å²) in [6.45, 7) is 6.43. The number of nitrogens with zero attached hydrogens (tertiary/aromatic N) is 1. The second kappa shape index (κ2) is 11.6. The molecule has 0 amide bonds. The highest BCUT2D eigenvalue weighted by atomic mass is 32.2. The first-order chi connectivity index (χ1) is 11.5. The van der Waals surface area contributed by atoms with E-state index in [1.807, 2.05) is 13.8 Å². The van der Waals surface area contributed by atoms with Gasteiger partial charge in [-0.1, -0.05) is 0 Å². The zero-order chi connectivity index (χ0) is 17.8. The van der Waals surface area contributed by atoms with Gasteiger partial charge in [-0.05, 0) is 33.1 Å². The quantitative estimate of drug-likeness (QED) is 0.374. The van der Waals surface area contributed by atoms with Crippen LogP contribution in [0.2, 0.25) is 0 Å². The van der Waals surface area contributed by atoms with Gasteiger partial charge in [0.05, 0.1) is 25.0 Å². The van der Waals surface area contributed by atoms with Crippen LogP contribution in [-0.4, -0.2) is 72.2 Å². The van der Waals surface area contributed by atoms with Crippen molar-refractivity contribution in [2.24, 2.45) is 4.99 Å². The number of hydrogen-bond acceptors (Lipinski definition) is 5. The molecule has 1 aliphatic heterocycles. The first-order valence-electron chi connectivity index (χ1n) is 8.59. The third-order valence-corrected chi connectivity index (χ3v) is 4.91. The fraction of sp³-hybridized carbons (Fsp3) is 0.933. The molecular formula is C15H32N4O4S. The van der Waals surface area contributed by atoms with Crippen LogP contribution in [0, 0.1) is 0 Å². The Balaban J connectivity index is 2.38. The van der Waals surface area contributed by atoms with Crippen LogP contribution in [0.1, 0.15) is 33.1 Å². The van der Waals surface area contributed by atoms with E-state index in [0.717, 1.165) is 19.3 Å². The van der Waals surface area contributed by atoms with E-state index in [1.165, 1.54) is 0 Å². The van der Waals surface area contributed by atoms with Gasteiger partial charge in [0.15, 0.2) is 5.96 Å². The highest BCUT2D eigenvalue weighted by Gasteiger charge is 2.17. The maximum Gasteiger partial charge on any atom is 0.213 e. The highest BCUT2D eigenvalue weighted by Crippen LogP contribution is 2.11. The summed E-state index contributed by atoms with van der Waals surface area (Å²) in [5.41, 5.74) is 0. The van der Waals surface area contributed by atoms with Crippen molar-refractivity contribution in [3.8, 4) is 0 Å². The lowest BCUT2D eigenvalue weighted by molar-refractivity contribution is 0.0200. The molecule has 24 heavy (non-hydrogen) atoms. The number of methoxy groups -OCH3 is 1. The van der Waals surface area contributed by atoms with Gasteiger partial charge in [0, 0.05) is 32.8 Å². The van der Waals surface area contributed by atoms with Crippen LogP contribution in [0.4, 0.5) is 0 Å². The summed E-state index contributed by atoms with van der Waals surface area (Å²) in [4.78, 5) is 4.30. The van der Waals surface area contributed by atoms with Gasteiger partial charge in [-0.3, -0.25) is 4.99 Å². The van der Waals surface area contributed by atoms with E-state index < -0.39 is 10.0 Å². The topological polar surface area (TPSA) is 101 Å². The zero-order valence-corrected chi connectivity index (χ0v) is 15.8. The first kappa shape index (κ1) is 21.1. The maximum atomic E-state index is 12.0. The van der Waals surface area contributed by atoms with Gasteiger partial charge in [-0.25, -0.2) is 13.1 Å². The Labute approximate surface area is 145 Å². The van der Waals surface area contributed by atoms with Crippen molar-refractivity contribution in [3.63, 3.8) is 0 Å². The molecule has 3 N–H and O–H groups in total. The van der Waals surface area contributed by atoms with E-state index in [0.29, 0.717) is 32.3 Å². The molecule has 1 fully saturated rings. The van der Waals surface area contributed by atoms with Gasteiger partial charge >= 0.3 is 0 Å². The van der Waals surface area contributed by atoms with Crippen molar-refractivity contribution < 1.29 is 17.9 Å². The van der Waals surface area contributed by atoms with Gasteiger partial charge in [0.1, 0.15) is 0 Å². The molecule has 0 aliphatic carbocycles. The Bertz CT molecular complexity index is 464. The molecule has 2 unspecified atom stereocenters. The third-order valence-electron chi connectivity index (χ3n) is 3.58. The fourth-order valence-electron chi connectivity index (χ4n) is 2.38. The van der Waals surface area contributed by atoms with Crippen molar-refractivity contribution >= 4 is 16.0 Å². The number of sulfonamides is 1. The van der Waals surface area contributed by atoms with E-state index in [2.05, 4.69) is 20.3 Å². The molecule has 0 spiro atoms. The molecule has 1 heterocycles. The summed E-state index contributed by atoms with van der Waals surface area (Å²) < 4.78 is 37.3. The molecule has 0 aromatic heterocycles. The normalized spacial score (nSPS) is 20.6. The Morgan fingerprint density at radius 3 is 2.83 bits per heavy atom. The number of ether oxygens (including phenoxy) is 2. The zero-order valence-electron chi connectivity index (χ0n) is 15.0. The van der Waals surface area contributed by atoms with Crippen LogP contribution in [0.5, 0.6) is 0 Å². The summed E-state index contributed by atoms with van der Waals surface area (Å²) in [5.74, 6) is 0.544. The summed E-state index contributed by atoms with van der Waals surface area (Å²) in [5, 5.41) is 6.26. The van der Waals surface area contributed by atoms with Crippen LogP contribution < -0.4 is 15.4 Å². The molecule has 0 bridgehead atoms. The van der Waals surface area contributed by atoms with Crippen LogP contribution in [0.3, 0.4) is 0 Å². The molecule has 1 saturated heterocycles. The highest BCUT2D eigenvalue weighted by molar-refractivity contribution is 7.89. The summed E-state index contributed by atoms with van der Waals surface area (Å²) in [6.07, 6.45) is 3.05. The van der Waals surface area contributed by atoms with E-state index in [9.17, 15) is 8.42 Å². The fourth-order valence-corrected chi connectivity index (χ4v) is 3.30. The second-order valence-corrected chi connectivity index (χ2v) is 7.84. The lowest BCUT2D eigenvalue weighted by atomic mass is 10.1. The van der Waals surface area contributed by atoms with Crippen LogP contribution in [0.25, 0.3) is 0 Å². The predicted octanol–water partition coefficient (Wildman–Crippen LogP) is 0.0649. The van der Waals surface area contributed by atoms with Gasteiger partial charge in [-0.15, -0.1) is 0 Å². The SMILES string of the molecule is CCNC(=NCCS(=O)(=O)NCC1CCCCO1)NC(C)COC. The minimum Gasteiger partial charge on any atom is -0.383 e. The molecule has 2 atom stereocenters. The largest absolute Gasteiger partial charge is 0.383 e. The molecular weight excluding hydrogens is 332 g/mol. The Kier molecular flexibility index (Phi) is 10.2. The van der Waals surface area contributed by atoms with Crippen molar-refractivity contribution in [2.75, 3.05) is 45.7 Å². The minimum absolute atomic E-state index is 0.00842. The molecule has 1 rings (SSSR count). The molecule has 0 radical (unpaired) electrons. The molecule has 0 aromatic carbocycles. The van der Waals surface area contributed by atoms with Crippen molar-refractivity contribution in [1.82, 2.24) is 15.4 Å². The molecule has 9 heteroatoms. The van der Waals surface area contributed by atoms with Gasteiger partial charge < -0.3 is 20.1 Å². The Morgan fingerprint density at radius 1 is 1.42 bits per heavy atom. The van der Waals surface area contributed by atoms with E-state index in [4.69, 9.17) is 9.47 Å². The molecule has 8 nitrogen and oxygen atoms in total.